The summed E-state index contributed by atoms with van der Waals surface area (Å²) in [5, 5.41) is 11.8. The zero-order chi connectivity index (χ0) is 15.0. The molecule has 8 heteroatoms. The van der Waals surface area contributed by atoms with E-state index in [-0.39, 0.29) is 16.5 Å². The highest BCUT2D eigenvalue weighted by Crippen LogP contribution is 2.32. The summed E-state index contributed by atoms with van der Waals surface area (Å²) in [5.41, 5.74) is 6.78. The number of benzene rings is 2. The molecule has 3 aromatic rings. The third-order valence-electron chi connectivity index (χ3n) is 2.91. The lowest BCUT2D eigenvalue weighted by molar-refractivity contribution is 0.608. The van der Waals surface area contributed by atoms with Gasteiger partial charge in [0.25, 0.3) is 0 Å². The van der Waals surface area contributed by atoms with Crippen LogP contribution in [0.4, 0.5) is 10.1 Å². The zero-order valence-corrected chi connectivity index (χ0v) is 12.0. The first-order valence-electron chi connectivity index (χ1n) is 5.86. The van der Waals surface area contributed by atoms with Crippen LogP contribution in [0.3, 0.4) is 0 Å². The monoisotopic (exact) mass is 323 g/mol. The van der Waals surface area contributed by atoms with Crippen LogP contribution < -0.4 is 5.73 Å². The number of nitrogens with two attached hydrogens (primary N) is 1. The molecule has 0 saturated heterocycles. The second-order valence-corrected chi connectivity index (χ2v) is 5.00. The van der Waals surface area contributed by atoms with E-state index in [2.05, 4.69) is 15.5 Å². The summed E-state index contributed by atoms with van der Waals surface area (Å²) >= 11 is 12.0. The Hall–Kier alpha value is -2.18. The molecular formula is C13H8Cl2FN5. The fourth-order valence-corrected chi connectivity index (χ4v) is 2.35. The van der Waals surface area contributed by atoms with E-state index in [1.807, 2.05) is 0 Å². The molecule has 1 aromatic heterocycles. The average molecular weight is 324 g/mol. The molecule has 0 aliphatic heterocycles. The minimum atomic E-state index is -0.545. The Morgan fingerprint density at radius 3 is 2.52 bits per heavy atom. The van der Waals surface area contributed by atoms with Crippen LogP contribution in [0, 0.1) is 5.82 Å². The van der Waals surface area contributed by atoms with Crippen LogP contribution >= 0.6 is 23.2 Å². The second kappa shape index (κ2) is 5.31. The van der Waals surface area contributed by atoms with Crippen LogP contribution in [-0.2, 0) is 0 Å². The molecule has 106 valence electrons. The van der Waals surface area contributed by atoms with Crippen LogP contribution in [0.25, 0.3) is 17.1 Å². The van der Waals surface area contributed by atoms with Crippen molar-refractivity contribution in [2.24, 2.45) is 0 Å². The van der Waals surface area contributed by atoms with Crippen LogP contribution in [-0.4, -0.2) is 20.2 Å². The van der Waals surface area contributed by atoms with Crippen LogP contribution in [0.5, 0.6) is 0 Å². The lowest BCUT2D eigenvalue weighted by Gasteiger charge is -2.09. The smallest absolute Gasteiger partial charge is 0.189 e. The number of aromatic nitrogens is 4. The summed E-state index contributed by atoms with van der Waals surface area (Å²) in [6.07, 6.45) is 0. The van der Waals surface area contributed by atoms with Gasteiger partial charge in [0.1, 0.15) is 5.69 Å². The van der Waals surface area contributed by atoms with Gasteiger partial charge >= 0.3 is 0 Å². The standard InChI is InChI=1S/C13H8Cl2FN5/c14-8-4-1-3-7(11(8)17)13-18-19-20-21(13)12-9(15)5-2-6-10(12)16/h1-6H,17H2. The average Bonchev–Trinajstić information content (AvgIpc) is 2.91. The second-order valence-electron chi connectivity index (χ2n) is 4.19. The molecule has 0 radical (unpaired) electrons. The Morgan fingerprint density at radius 2 is 1.76 bits per heavy atom. The molecule has 0 aliphatic rings. The van der Waals surface area contributed by atoms with Crippen molar-refractivity contribution >= 4 is 28.9 Å². The number of tetrazole rings is 1. The molecule has 0 atom stereocenters. The van der Waals surface area contributed by atoms with E-state index in [9.17, 15) is 4.39 Å². The molecule has 21 heavy (non-hydrogen) atoms. The molecule has 2 N–H and O–H groups in total. The van der Waals surface area contributed by atoms with Gasteiger partial charge in [-0.25, -0.2) is 4.39 Å². The Bertz CT molecular complexity index is 798. The fourth-order valence-electron chi connectivity index (χ4n) is 1.93. The number of nitrogen functional groups attached to an aromatic ring is 1. The molecule has 5 nitrogen and oxygen atoms in total. The van der Waals surface area contributed by atoms with Crippen molar-refractivity contribution in [1.82, 2.24) is 20.2 Å². The van der Waals surface area contributed by atoms with E-state index in [0.29, 0.717) is 16.3 Å². The first kappa shape index (κ1) is 13.8. The normalized spacial score (nSPS) is 10.8. The number of anilines is 1. The van der Waals surface area contributed by atoms with E-state index in [1.165, 1.54) is 16.8 Å². The number of para-hydroxylation sites is 2. The van der Waals surface area contributed by atoms with Gasteiger partial charge in [0.05, 0.1) is 15.7 Å². The van der Waals surface area contributed by atoms with Crippen molar-refractivity contribution in [3.05, 3.63) is 52.3 Å². The zero-order valence-electron chi connectivity index (χ0n) is 10.5. The molecule has 0 aliphatic carbocycles. The minimum Gasteiger partial charge on any atom is -0.397 e. The van der Waals surface area contributed by atoms with Gasteiger partial charge in [-0.1, -0.05) is 35.3 Å². The Morgan fingerprint density at radius 1 is 1.05 bits per heavy atom. The third-order valence-corrected chi connectivity index (χ3v) is 3.55. The molecule has 0 spiro atoms. The topological polar surface area (TPSA) is 69.6 Å². The molecule has 2 aromatic carbocycles. The summed E-state index contributed by atoms with van der Waals surface area (Å²) in [7, 11) is 0. The Labute approximate surface area is 129 Å². The fraction of sp³-hybridized carbons (Fsp3) is 0. The molecule has 3 rings (SSSR count). The van der Waals surface area contributed by atoms with E-state index in [4.69, 9.17) is 28.9 Å². The number of halogens is 3. The Balaban J connectivity index is 2.25. The van der Waals surface area contributed by atoms with Crippen molar-refractivity contribution < 1.29 is 4.39 Å². The third kappa shape index (κ3) is 2.32. The van der Waals surface area contributed by atoms with Crippen molar-refractivity contribution in [3.63, 3.8) is 0 Å². The predicted molar refractivity (Wildman–Crippen MR) is 79.0 cm³/mol. The predicted octanol–water partition coefficient (Wildman–Crippen LogP) is 3.36. The number of hydrogen-bond acceptors (Lipinski definition) is 4. The lowest BCUT2D eigenvalue weighted by atomic mass is 10.1. The van der Waals surface area contributed by atoms with Crippen LogP contribution in [0.2, 0.25) is 10.0 Å². The van der Waals surface area contributed by atoms with E-state index < -0.39 is 5.82 Å². The molecule has 0 fully saturated rings. The van der Waals surface area contributed by atoms with Gasteiger partial charge in [0.2, 0.25) is 0 Å². The maximum absolute atomic E-state index is 14.0. The van der Waals surface area contributed by atoms with Gasteiger partial charge in [0.15, 0.2) is 11.6 Å². The first-order chi connectivity index (χ1) is 10.1. The summed E-state index contributed by atoms with van der Waals surface area (Å²) in [4.78, 5) is 0. The maximum Gasteiger partial charge on any atom is 0.189 e. The Kier molecular flexibility index (Phi) is 3.48. The summed E-state index contributed by atoms with van der Waals surface area (Å²) in [6.45, 7) is 0. The molecule has 0 bridgehead atoms. The lowest BCUT2D eigenvalue weighted by Crippen LogP contribution is -2.05. The maximum atomic E-state index is 14.0. The van der Waals surface area contributed by atoms with Gasteiger partial charge in [0, 0.05) is 5.56 Å². The minimum absolute atomic E-state index is 0.0542. The van der Waals surface area contributed by atoms with E-state index in [1.54, 1.807) is 24.3 Å². The van der Waals surface area contributed by atoms with E-state index >= 15 is 0 Å². The number of hydrogen-bond donors (Lipinski definition) is 1. The molecule has 0 unspecified atom stereocenters. The van der Waals surface area contributed by atoms with Crippen molar-refractivity contribution in [2.75, 3.05) is 5.73 Å². The summed E-state index contributed by atoms with van der Waals surface area (Å²) in [5.74, 6) is -0.293. The van der Waals surface area contributed by atoms with Gasteiger partial charge in [-0.3, -0.25) is 0 Å². The van der Waals surface area contributed by atoms with Crippen LogP contribution in [0.1, 0.15) is 0 Å². The molecule has 0 saturated carbocycles. The van der Waals surface area contributed by atoms with Crippen LogP contribution in [0.15, 0.2) is 36.4 Å². The van der Waals surface area contributed by atoms with Gasteiger partial charge < -0.3 is 5.73 Å². The first-order valence-corrected chi connectivity index (χ1v) is 6.62. The quantitative estimate of drug-likeness (QED) is 0.734. The number of rotatable bonds is 2. The molecule has 1 heterocycles. The molecular weight excluding hydrogens is 316 g/mol. The highest BCUT2D eigenvalue weighted by atomic mass is 35.5. The number of nitrogens with zero attached hydrogens (tertiary/aromatic N) is 4. The highest BCUT2D eigenvalue weighted by molar-refractivity contribution is 6.33. The molecule has 0 amide bonds. The van der Waals surface area contributed by atoms with Gasteiger partial charge in [-0.15, -0.1) is 5.10 Å². The van der Waals surface area contributed by atoms with Gasteiger partial charge in [-0.05, 0) is 34.7 Å². The highest BCUT2D eigenvalue weighted by Gasteiger charge is 2.19. The summed E-state index contributed by atoms with van der Waals surface area (Å²) in [6, 6.07) is 9.36. The van der Waals surface area contributed by atoms with Gasteiger partial charge in [-0.2, -0.15) is 4.68 Å². The van der Waals surface area contributed by atoms with Crippen molar-refractivity contribution in [2.45, 2.75) is 0 Å². The van der Waals surface area contributed by atoms with Crippen molar-refractivity contribution in [3.8, 4) is 17.1 Å². The largest absolute Gasteiger partial charge is 0.397 e. The van der Waals surface area contributed by atoms with E-state index in [0.717, 1.165) is 0 Å². The summed E-state index contributed by atoms with van der Waals surface area (Å²) < 4.78 is 15.2. The van der Waals surface area contributed by atoms with Crippen molar-refractivity contribution in [1.29, 1.82) is 0 Å². The SMILES string of the molecule is Nc1c(Cl)cccc1-c1nnnn1-c1c(F)cccc1Cl.